The number of rotatable bonds is 36. The van der Waals surface area contributed by atoms with Crippen LogP contribution in [0.2, 0.25) is 0 Å². The summed E-state index contributed by atoms with van der Waals surface area (Å²) >= 11 is -0.523. The first-order valence-corrected chi connectivity index (χ1v) is 32.1. The summed E-state index contributed by atoms with van der Waals surface area (Å²) in [5.74, 6) is -24.8. The largest absolute Gasteiger partial charge is 0.394 e. The first kappa shape index (κ1) is 81.5. The van der Waals surface area contributed by atoms with E-state index in [1.165, 1.54) is 46.9 Å². The van der Waals surface area contributed by atoms with Gasteiger partial charge in [-0.05, 0) is 73.9 Å². The molecule has 14 N–H and O–H groups in total. The van der Waals surface area contributed by atoms with Crippen LogP contribution in [-0.4, -0.2) is 185 Å². The Hall–Kier alpha value is -9.89. The number of carbonyl (C=O) groups excluding carboxylic acids is 13. The first-order chi connectivity index (χ1) is 46.6. The minimum Gasteiger partial charge on any atom is -0.394 e. The topological polar surface area (TPSA) is 409 Å². The number of amides is 12. The van der Waals surface area contributed by atoms with Gasteiger partial charge in [-0.1, -0.05) is 119 Å². The lowest BCUT2D eigenvalue weighted by molar-refractivity contribution is -0.143. The molecule has 0 bridgehead atoms. The number of hydrogen-bond donors (Lipinski definition) is 12. The SMILES string of the molecule is CC(C)C[C@H](NC(=O)CNC(=O)[C@H](Cc1ccccc1)N(C)C(=O)[C@H](C)NC(=O)[C@@H](N)Cc1ccccc1)C(=O)N[C@@H](C)C(=O)N[C@H](C(=O)N[C@@H](Cc1ccccc1)C(=O)N[C@@H](CC(=O)Sc1c(F)c(F)c(F)c(F)c1F)C(=O)N(C)[C@@H](C)C(=O)N[C@@H](CO)C(=O)NCC(N)=O)C(C)C. The van der Waals surface area contributed by atoms with E-state index >= 15 is 0 Å². The number of hydrogen-bond acceptors (Lipinski definition) is 16. The zero-order valence-electron chi connectivity index (χ0n) is 55.8. The van der Waals surface area contributed by atoms with E-state index in [4.69, 9.17) is 11.5 Å². The Labute approximate surface area is 572 Å². The molecule has 0 unspecified atom stereocenters. The molecule has 4 rings (SSSR count). The van der Waals surface area contributed by atoms with Gasteiger partial charge in [0.15, 0.2) is 28.4 Å². The zero-order valence-corrected chi connectivity index (χ0v) is 56.7. The molecule has 4 aromatic carbocycles. The second kappa shape index (κ2) is 38.9. The van der Waals surface area contributed by atoms with E-state index in [2.05, 4.69) is 47.9 Å². The summed E-state index contributed by atoms with van der Waals surface area (Å²) in [4.78, 5) is 177. The molecule has 27 nitrogen and oxygen atoms in total. The van der Waals surface area contributed by atoms with Gasteiger partial charge in [-0.15, -0.1) is 0 Å². The van der Waals surface area contributed by atoms with Gasteiger partial charge in [-0.25, -0.2) is 22.0 Å². The maximum absolute atomic E-state index is 14.9. The van der Waals surface area contributed by atoms with Crippen molar-refractivity contribution < 1.29 is 89.4 Å². The van der Waals surface area contributed by atoms with Crippen LogP contribution in [-0.2, 0) is 81.6 Å². The van der Waals surface area contributed by atoms with Gasteiger partial charge >= 0.3 is 0 Å². The van der Waals surface area contributed by atoms with Crippen molar-refractivity contribution in [3.05, 3.63) is 137 Å². The predicted molar refractivity (Wildman–Crippen MR) is 350 cm³/mol. The number of nitrogens with one attached hydrogen (secondary N) is 9. The molecule has 538 valence electrons. The molecule has 0 aliphatic heterocycles. The van der Waals surface area contributed by atoms with Gasteiger partial charge < -0.3 is 74.2 Å². The number of nitrogens with zero attached hydrogens (tertiary/aromatic N) is 2. The average Bonchev–Trinajstić information content (AvgIpc) is 0.795. The second-order valence-electron chi connectivity index (χ2n) is 24.1. The summed E-state index contributed by atoms with van der Waals surface area (Å²) in [5, 5.41) is 30.1. The molecule has 0 heterocycles. The van der Waals surface area contributed by atoms with Crippen LogP contribution in [0.5, 0.6) is 0 Å². The van der Waals surface area contributed by atoms with Crippen LogP contribution < -0.4 is 59.3 Å². The van der Waals surface area contributed by atoms with Gasteiger partial charge in [0.25, 0.3) is 0 Å². The molecular formula is C66H84F5N13O14S. The van der Waals surface area contributed by atoms with Crippen molar-refractivity contribution in [1.29, 1.82) is 0 Å². The summed E-state index contributed by atoms with van der Waals surface area (Å²) in [6, 6.07) is 10.5. The van der Waals surface area contributed by atoms with Crippen LogP contribution in [0.25, 0.3) is 0 Å². The highest BCUT2D eigenvalue weighted by atomic mass is 32.2. The number of thioether (sulfide) groups is 1. The number of likely N-dealkylation sites (N-methyl/N-ethyl adjacent to an activating group) is 2. The number of aliphatic hydroxyl groups is 1. The number of nitrogens with two attached hydrogens (primary N) is 2. The third-order valence-electron chi connectivity index (χ3n) is 15.4. The number of aliphatic hydroxyl groups excluding tert-OH is 1. The van der Waals surface area contributed by atoms with Crippen molar-refractivity contribution in [1.82, 2.24) is 57.7 Å². The third-order valence-corrected chi connectivity index (χ3v) is 16.3. The van der Waals surface area contributed by atoms with Crippen molar-refractivity contribution in [2.24, 2.45) is 23.3 Å². The van der Waals surface area contributed by atoms with Crippen LogP contribution in [0.4, 0.5) is 22.0 Å². The standard InChI is InChI=1S/C66H84F5N13O14S/c1-33(2)25-42(78-48(87)31-75-63(95)46(28-40-23-17-12-18-24-40)84(9)65(97)36(6)77-59(91)41(72)26-38-19-13-10-14-20-38)61(93)76-35(5)57(89)82-55(34(3)4)64(96)79-43(27-39-21-15-11-16-22-39)62(94)80-44(29-49(88)99-56-53(70)51(68)50(67)52(69)54(56)71)66(98)83(8)37(7)58(90)81-45(32-85)60(92)74-30-47(73)86/h10-24,33-37,41-46,55,85H,25-32,72H2,1-9H3,(H2,73,86)(H,74,92)(H,75,95)(H,76,93)(H,77,91)(H,78,87)(H,79,96)(H,80,94)(H,81,90)(H,82,89)/t35-,36-,37-,41-,42-,43-,44-,45-,46-,55-/m0/s1. The van der Waals surface area contributed by atoms with Gasteiger partial charge in [0.1, 0.15) is 54.4 Å². The number of primary amides is 1. The van der Waals surface area contributed by atoms with E-state index in [-0.39, 0.29) is 25.2 Å². The molecule has 0 aromatic heterocycles. The highest BCUT2D eigenvalue weighted by molar-refractivity contribution is 8.13. The molecule has 0 fully saturated rings. The summed E-state index contributed by atoms with van der Waals surface area (Å²) in [5.41, 5.74) is 13.0. The monoisotopic (exact) mass is 1410 g/mol. The fraction of sp³-hybridized carbons (Fsp3) is 0.439. The normalized spacial score (nSPS) is 14.2. The molecular weight excluding hydrogens is 1330 g/mol. The predicted octanol–water partition coefficient (Wildman–Crippen LogP) is -0.0343. The Bertz CT molecular complexity index is 3520. The van der Waals surface area contributed by atoms with Gasteiger partial charge in [-0.3, -0.25) is 62.3 Å². The maximum Gasteiger partial charge on any atom is 0.246 e. The van der Waals surface area contributed by atoms with Gasteiger partial charge in [0, 0.05) is 33.4 Å². The Balaban J connectivity index is 1.53. The average molecular weight is 1410 g/mol. The third kappa shape index (κ3) is 24.9. The number of benzene rings is 4. The van der Waals surface area contributed by atoms with Crippen molar-refractivity contribution in [3.63, 3.8) is 0 Å². The Morgan fingerprint density at radius 3 is 1.46 bits per heavy atom. The molecule has 0 aliphatic rings. The lowest BCUT2D eigenvalue weighted by Gasteiger charge is -2.31. The highest BCUT2D eigenvalue weighted by Gasteiger charge is 2.39. The Morgan fingerprint density at radius 2 is 0.949 bits per heavy atom. The van der Waals surface area contributed by atoms with Crippen molar-refractivity contribution in [2.75, 3.05) is 33.8 Å². The minimum atomic E-state index is -2.54. The molecule has 33 heteroatoms. The summed E-state index contributed by atoms with van der Waals surface area (Å²) < 4.78 is 72.2. The summed E-state index contributed by atoms with van der Waals surface area (Å²) in [7, 11) is 2.33. The van der Waals surface area contributed by atoms with Gasteiger partial charge in [0.2, 0.25) is 76.7 Å². The molecule has 0 aliphatic carbocycles. The Kier molecular flexibility index (Phi) is 32.0. The van der Waals surface area contributed by atoms with Crippen LogP contribution >= 0.6 is 11.8 Å². The summed E-state index contributed by atoms with van der Waals surface area (Å²) in [6.07, 6.45) is -1.50. The molecule has 10 atom stereocenters. The lowest BCUT2D eigenvalue weighted by Crippen LogP contribution is -2.61. The second-order valence-corrected chi connectivity index (χ2v) is 25.1. The van der Waals surface area contributed by atoms with Crippen molar-refractivity contribution in [3.8, 4) is 0 Å². The quantitative estimate of drug-likeness (QED) is 0.0123. The molecule has 12 amide bonds. The van der Waals surface area contributed by atoms with E-state index in [0.717, 1.165) is 24.4 Å². The fourth-order valence-corrected chi connectivity index (χ4v) is 10.5. The van der Waals surface area contributed by atoms with Crippen LogP contribution in [0.15, 0.2) is 95.9 Å². The number of carbonyl (C=O) groups is 13. The van der Waals surface area contributed by atoms with E-state index in [1.54, 1.807) is 86.6 Å². The first-order valence-electron chi connectivity index (χ1n) is 31.3. The highest BCUT2D eigenvalue weighted by Crippen LogP contribution is 2.32. The van der Waals surface area contributed by atoms with Gasteiger partial charge in [-0.2, -0.15) is 0 Å². The van der Waals surface area contributed by atoms with Crippen LogP contribution in [0.3, 0.4) is 0 Å². The lowest BCUT2D eigenvalue weighted by atomic mass is 10.00. The van der Waals surface area contributed by atoms with E-state index in [9.17, 15) is 89.4 Å². The van der Waals surface area contributed by atoms with E-state index < -0.39 is 221 Å². The van der Waals surface area contributed by atoms with Crippen molar-refractivity contribution >= 4 is 87.8 Å². The molecule has 0 spiro atoms. The number of halogens is 5. The Morgan fingerprint density at radius 1 is 0.475 bits per heavy atom. The molecule has 0 radical (unpaired) electrons. The van der Waals surface area contributed by atoms with Gasteiger partial charge in [0.05, 0.1) is 30.6 Å². The van der Waals surface area contributed by atoms with Crippen molar-refractivity contribution in [2.45, 2.75) is 146 Å². The smallest absolute Gasteiger partial charge is 0.246 e. The fourth-order valence-electron chi connectivity index (χ4n) is 9.66. The zero-order chi connectivity index (χ0) is 74.1. The minimum absolute atomic E-state index is 0.00951. The molecule has 4 aromatic rings. The van der Waals surface area contributed by atoms with Crippen LogP contribution in [0.1, 0.15) is 78.0 Å². The van der Waals surface area contributed by atoms with E-state index in [0.29, 0.717) is 16.0 Å². The summed E-state index contributed by atoms with van der Waals surface area (Å²) in [6.45, 7) is 7.85. The molecule has 0 saturated carbocycles. The van der Waals surface area contributed by atoms with E-state index in [1.807, 2.05) is 6.07 Å². The van der Waals surface area contributed by atoms with Crippen LogP contribution in [0, 0.1) is 40.9 Å². The maximum atomic E-state index is 14.9. The molecule has 99 heavy (non-hydrogen) atoms. The molecule has 0 saturated heterocycles.